The molecule has 0 aromatic heterocycles. The maximum atomic E-state index is 11.6. The van der Waals surface area contributed by atoms with Crippen LogP contribution in [-0.2, 0) is 6.42 Å². The summed E-state index contributed by atoms with van der Waals surface area (Å²) in [5.74, 6) is 0.108. The van der Waals surface area contributed by atoms with E-state index in [1.165, 1.54) is 5.56 Å². The van der Waals surface area contributed by atoms with Gasteiger partial charge in [-0.1, -0.05) is 46.3 Å². The van der Waals surface area contributed by atoms with Gasteiger partial charge in [-0.05, 0) is 12.0 Å². The van der Waals surface area contributed by atoms with Crippen molar-refractivity contribution in [1.82, 2.24) is 0 Å². The van der Waals surface area contributed by atoms with E-state index in [2.05, 4.69) is 35.1 Å². The van der Waals surface area contributed by atoms with Crippen LogP contribution < -0.4 is 0 Å². The first-order valence-corrected chi connectivity index (χ1v) is 6.12. The summed E-state index contributed by atoms with van der Waals surface area (Å²) in [5.41, 5.74) is 1.91. The average Bonchev–Trinajstić information content (AvgIpc) is 2.18. The van der Waals surface area contributed by atoms with Gasteiger partial charge in [0, 0.05) is 12.0 Å². The third-order valence-electron chi connectivity index (χ3n) is 2.01. The number of benzene rings is 1. The predicted octanol–water partition coefficient (Wildman–Crippen LogP) is 3.64. The summed E-state index contributed by atoms with van der Waals surface area (Å²) in [6.07, 6.45) is 3.09. The monoisotopic (exact) mass is 284 g/mol. The van der Waals surface area contributed by atoms with Gasteiger partial charge in [0.15, 0.2) is 5.78 Å². The van der Waals surface area contributed by atoms with Crippen LogP contribution in [0, 0.1) is 0 Å². The summed E-state index contributed by atoms with van der Waals surface area (Å²) in [7, 11) is 0. The zero-order chi connectivity index (χ0) is 11.3. The number of carbonyl (C=O) groups is 1. The van der Waals surface area contributed by atoms with Crippen LogP contribution in [-0.4, -0.2) is 9.94 Å². The molecule has 1 aromatic rings. The van der Waals surface area contributed by atoms with Gasteiger partial charge in [-0.2, -0.15) is 12.6 Å². The minimum absolute atomic E-state index is 0.0714. The highest BCUT2D eigenvalue weighted by Gasteiger charge is 2.08. The van der Waals surface area contributed by atoms with Crippen molar-refractivity contribution in [1.29, 1.82) is 0 Å². The van der Waals surface area contributed by atoms with Gasteiger partial charge in [0.05, 0.1) is 4.16 Å². The Morgan fingerprint density at radius 3 is 2.53 bits per heavy atom. The Labute approximate surface area is 104 Å². The van der Waals surface area contributed by atoms with Gasteiger partial charge in [-0.15, -0.1) is 6.58 Å². The molecule has 0 aliphatic carbocycles. The maximum Gasteiger partial charge on any atom is 0.164 e. The van der Waals surface area contributed by atoms with E-state index < -0.39 is 0 Å². The van der Waals surface area contributed by atoms with Crippen LogP contribution in [0.4, 0.5) is 0 Å². The zero-order valence-corrected chi connectivity index (χ0v) is 10.8. The molecule has 80 valence electrons. The number of carbonyl (C=O) groups excluding carboxylic acids is 1. The van der Waals surface area contributed by atoms with Gasteiger partial charge in [0.1, 0.15) is 0 Å². The lowest BCUT2D eigenvalue weighted by molar-refractivity contribution is 0.0988. The molecule has 15 heavy (non-hydrogen) atoms. The lowest BCUT2D eigenvalue weighted by Gasteiger charge is -2.03. The smallest absolute Gasteiger partial charge is 0.164 e. The zero-order valence-electron chi connectivity index (χ0n) is 8.32. The lowest BCUT2D eigenvalue weighted by Crippen LogP contribution is -2.03. The van der Waals surface area contributed by atoms with Gasteiger partial charge in [-0.25, -0.2) is 0 Å². The fourth-order valence-electron chi connectivity index (χ4n) is 1.26. The van der Waals surface area contributed by atoms with Crippen LogP contribution in [0.1, 0.15) is 22.3 Å². The molecule has 0 radical (unpaired) electrons. The molecule has 1 nitrogen and oxygen atoms in total. The second-order valence-corrected chi connectivity index (χ2v) is 5.69. The molecule has 1 unspecified atom stereocenters. The van der Waals surface area contributed by atoms with Gasteiger partial charge in [0.2, 0.25) is 0 Å². The molecule has 1 aromatic carbocycles. The first-order chi connectivity index (χ1) is 7.13. The van der Waals surface area contributed by atoms with E-state index in [9.17, 15) is 4.79 Å². The van der Waals surface area contributed by atoms with Crippen LogP contribution >= 0.6 is 28.6 Å². The van der Waals surface area contributed by atoms with Gasteiger partial charge in [-0.3, -0.25) is 4.79 Å². The summed E-state index contributed by atoms with van der Waals surface area (Å²) >= 11 is 7.37. The van der Waals surface area contributed by atoms with E-state index in [0.717, 1.165) is 12.0 Å². The third-order valence-corrected chi connectivity index (χ3v) is 2.52. The number of hydrogen-bond acceptors (Lipinski definition) is 2. The number of hydrogen-bond donors (Lipinski definition) is 1. The largest absolute Gasteiger partial charge is 0.294 e. The molecule has 0 fully saturated rings. The molecule has 0 bridgehead atoms. The predicted molar refractivity (Wildman–Crippen MR) is 71.0 cm³/mol. The summed E-state index contributed by atoms with van der Waals surface area (Å²) in [6.45, 7) is 3.67. The topological polar surface area (TPSA) is 17.1 Å². The van der Waals surface area contributed by atoms with Gasteiger partial charge < -0.3 is 0 Å². The van der Waals surface area contributed by atoms with Crippen molar-refractivity contribution in [2.45, 2.75) is 17.0 Å². The summed E-state index contributed by atoms with van der Waals surface area (Å²) in [6, 6.07) is 7.61. The highest BCUT2D eigenvalue weighted by atomic mass is 79.9. The highest BCUT2D eigenvalue weighted by molar-refractivity contribution is 9.11. The molecule has 0 saturated heterocycles. The minimum atomic E-state index is -0.0714. The van der Waals surface area contributed by atoms with Gasteiger partial charge in [0.25, 0.3) is 0 Å². The van der Waals surface area contributed by atoms with Crippen molar-refractivity contribution in [2.75, 3.05) is 0 Å². The quantitative estimate of drug-likeness (QED) is 0.378. The van der Waals surface area contributed by atoms with Crippen LogP contribution in [0.25, 0.3) is 0 Å². The fourth-order valence-corrected chi connectivity index (χ4v) is 1.72. The minimum Gasteiger partial charge on any atom is -0.294 e. The van der Waals surface area contributed by atoms with E-state index in [1.54, 1.807) is 0 Å². The van der Waals surface area contributed by atoms with Crippen molar-refractivity contribution in [2.24, 2.45) is 0 Å². The Morgan fingerprint density at radius 1 is 1.47 bits per heavy atom. The van der Waals surface area contributed by atoms with Crippen molar-refractivity contribution < 1.29 is 4.79 Å². The van der Waals surface area contributed by atoms with E-state index in [0.29, 0.717) is 6.42 Å². The standard InChI is InChI=1S/C12H13BrOS/c1-2-3-9-4-6-10(7-5-9)11(14)8-12(13)15/h2,4-7,12,15H,1,3,8H2. The Bertz CT molecular complexity index is 343. The third kappa shape index (κ3) is 4.22. The number of allylic oxidation sites excluding steroid dienone is 1. The summed E-state index contributed by atoms with van der Waals surface area (Å²) < 4.78 is -0.0714. The second kappa shape index (κ2) is 6.13. The van der Waals surface area contributed by atoms with Crippen molar-refractivity contribution in [3.05, 3.63) is 48.0 Å². The number of thiol groups is 1. The second-order valence-electron chi connectivity index (χ2n) is 3.25. The maximum absolute atomic E-state index is 11.6. The molecule has 0 heterocycles. The van der Waals surface area contributed by atoms with E-state index >= 15 is 0 Å². The number of ketones is 1. The average molecular weight is 285 g/mol. The van der Waals surface area contributed by atoms with E-state index in [4.69, 9.17) is 0 Å². The lowest BCUT2D eigenvalue weighted by atomic mass is 10.1. The SMILES string of the molecule is C=CCc1ccc(C(=O)CC(S)Br)cc1. The Kier molecular flexibility index (Phi) is 5.12. The van der Waals surface area contributed by atoms with Crippen LogP contribution in [0.3, 0.4) is 0 Å². The molecule has 0 spiro atoms. The number of Topliss-reactive ketones (excluding diaryl/α,β-unsaturated/α-hetero) is 1. The number of halogens is 1. The van der Waals surface area contributed by atoms with E-state index in [-0.39, 0.29) is 9.94 Å². The molecule has 0 N–H and O–H groups in total. The van der Waals surface area contributed by atoms with Gasteiger partial charge >= 0.3 is 0 Å². The molecule has 0 aliphatic rings. The van der Waals surface area contributed by atoms with Crippen LogP contribution in [0.5, 0.6) is 0 Å². The Hall–Kier alpha value is -0.540. The molecule has 0 aliphatic heterocycles. The van der Waals surface area contributed by atoms with Crippen LogP contribution in [0.2, 0.25) is 0 Å². The van der Waals surface area contributed by atoms with Crippen LogP contribution in [0.15, 0.2) is 36.9 Å². The van der Waals surface area contributed by atoms with Crippen molar-refractivity contribution in [3.63, 3.8) is 0 Å². The highest BCUT2D eigenvalue weighted by Crippen LogP contribution is 2.14. The Morgan fingerprint density at radius 2 is 2.07 bits per heavy atom. The molecule has 0 amide bonds. The Balaban J connectivity index is 2.70. The summed E-state index contributed by atoms with van der Waals surface area (Å²) in [5, 5.41) is 0. The normalized spacial score (nSPS) is 12.1. The first kappa shape index (κ1) is 12.5. The molecular weight excluding hydrogens is 272 g/mol. The number of alkyl halides is 1. The van der Waals surface area contributed by atoms with Crippen molar-refractivity contribution >= 4 is 34.3 Å². The van der Waals surface area contributed by atoms with Crippen molar-refractivity contribution in [3.8, 4) is 0 Å². The number of rotatable bonds is 5. The summed E-state index contributed by atoms with van der Waals surface area (Å²) in [4.78, 5) is 11.6. The molecule has 1 rings (SSSR count). The first-order valence-electron chi connectivity index (χ1n) is 4.68. The molecule has 3 heteroatoms. The van der Waals surface area contributed by atoms with E-state index in [1.807, 2.05) is 30.3 Å². The molecule has 0 saturated carbocycles. The molecule has 1 atom stereocenters. The molecular formula is C12H13BrOS. The fraction of sp³-hybridized carbons (Fsp3) is 0.250.